The van der Waals surface area contributed by atoms with Crippen molar-refractivity contribution in [3.8, 4) is 0 Å². The zero-order valence-electron chi connectivity index (χ0n) is 7.58. The number of hydrogen-bond donors (Lipinski definition) is 0. The Hall–Kier alpha value is 1.21. The van der Waals surface area contributed by atoms with Crippen molar-refractivity contribution in [3.63, 3.8) is 0 Å². The van der Waals surface area contributed by atoms with Gasteiger partial charge in [-0.25, -0.2) is 13.2 Å². The second-order valence-electron chi connectivity index (χ2n) is 2.44. The van der Waals surface area contributed by atoms with Crippen LogP contribution in [0.3, 0.4) is 0 Å². The zero-order valence-corrected chi connectivity index (χ0v) is 11.9. The molecule has 2 nitrogen and oxygen atoms in total. The molecule has 0 saturated carbocycles. The van der Waals surface area contributed by atoms with Gasteiger partial charge in [-0.3, -0.25) is 0 Å². The van der Waals surface area contributed by atoms with Gasteiger partial charge in [0.25, 0.3) is 0 Å². The topological polar surface area (TPSA) is 12.5 Å². The van der Waals surface area contributed by atoms with Crippen molar-refractivity contribution in [1.29, 1.82) is 0 Å². The van der Waals surface area contributed by atoms with Gasteiger partial charge >= 0.3 is 0 Å². The Morgan fingerprint density at radius 2 is 1.67 bits per heavy atom. The van der Waals surface area contributed by atoms with Crippen molar-refractivity contribution >= 4 is 0 Å². The summed E-state index contributed by atoms with van der Waals surface area (Å²) in [5, 5.41) is 0. The molecule has 12 heavy (non-hydrogen) atoms. The molecule has 3 heterocycles. The predicted molar refractivity (Wildman–Crippen MR) is 41.0 cm³/mol. The first kappa shape index (κ1) is 15.7. The summed E-state index contributed by atoms with van der Waals surface area (Å²) in [5.41, 5.74) is 0. The van der Waals surface area contributed by atoms with Crippen molar-refractivity contribution in [2.75, 3.05) is 7.05 Å². The van der Waals surface area contributed by atoms with Gasteiger partial charge in [-0.05, 0) is 7.05 Å². The molecule has 2 atom stereocenters. The van der Waals surface area contributed by atoms with Gasteiger partial charge in [0.1, 0.15) is 0 Å². The number of likely N-dealkylation sites (N-methyl/N-ethyl adjacent to an activating group) is 1. The fourth-order valence-corrected chi connectivity index (χ4v) is 1.22. The number of rotatable bonds is 0. The molecule has 0 aromatic carbocycles. The molecule has 2 radical (unpaired) electrons. The third-order valence-corrected chi connectivity index (χ3v) is 2.00. The van der Waals surface area contributed by atoms with Crippen LogP contribution < -0.4 is 0 Å². The number of ether oxygens (including phenoxy) is 1. The molecule has 2 unspecified atom stereocenters. The quantitative estimate of drug-likeness (QED) is 0.426. The van der Waals surface area contributed by atoms with Crippen LogP contribution in [-0.2, 0) is 44.6 Å². The molecule has 3 aliphatic rings. The van der Waals surface area contributed by atoms with E-state index in [9.17, 15) is 0 Å². The third kappa shape index (κ3) is 3.16. The van der Waals surface area contributed by atoms with E-state index in [0.29, 0.717) is 12.1 Å². The summed E-state index contributed by atoms with van der Waals surface area (Å²) in [4.78, 5) is 2.30. The standard InChI is InChI=1S/C6H9NO.C2H6.Re.Rh/c1-7-5-2-6(7)4-8-3-5;1-2;;/h3-6H,2H2,1H3;1-2H3;;/q-2;;;. The SMILES string of the molecule is CC.CN1C2[CH-]O[CH-]C1C2.[Re].[Rh]. The minimum absolute atomic E-state index is 0. The Balaban J connectivity index is 0. The molecule has 0 aromatic rings. The normalized spacial score (nSPS) is 31.2. The van der Waals surface area contributed by atoms with Crippen LogP contribution in [0, 0.1) is 13.2 Å². The van der Waals surface area contributed by atoms with Crippen LogP contribution in [0.5, 0.6) is 0 Å². The van der Waals surface area contributed by atoms with E-state index in [-0.39, 0.29) is 39.9 Å². The van der Waals surface area contributed by atoms with Crippen LogP contribution in [0.4, 0.5) is 0 Å². The minimum Gasteiger partial charge on any atom is -0.712 e. The molecule has 3 saturated heterocycles. The predicted octanol–water partition coefficient (Wildman–Crippen LogP) is 1.43. The minimum atomic E-state index is 0. The van der Waals surface area contributed by atoms with Crippen LogP contribution in [0.25, 0.3) is 0 Å². The van der Waals surface area contributed by atoms with Gasteiger partial charge in [0.2, 0.25) is 0 Å². The first-order chi connectivity index (χ1) is 4.88. The average Bonchev–Trinajstić information content (AvgIpc) is 2.08. The maximum atomic E-state index is 5.01. The molecule has 2 bridgehead atoms. The van der Waals surface area contributed by atoms with Crippen molar-refractivity contribution < 1.29 is 44.6 Å². The summed E-state index contributed by atoms with van der Waals surface area (Å²) >= 11 is 0. The molecule has 0 aliphatic carbocycles. The third-order valence-electron chi connectivity index (χ3n) is 2.00. The number of morpholine rings is 1. The zero-order chi connectivity index (χ0) is 7.56. The van der Waals surface area contributed by atoms with Gasteiger partial charge in [-0.2, -0.15) is 0 Å². The first-order valence-electron chi connectivity index (χ1n) is 3.92. The van der Waals surface area contributed by atoms with E-state index in [2.05, 4.69) is 11.9 Å². The maximum Gasteiger partial charge on any atom is 0 e. The molecule has 4 heteroatoms. The number of nitrogens with zero attached hydrogens (tertiary/aromatic N) is 1. The van der Waals surface area contributed by atoms with Gasteiger partial charge in [-0.15, -0.1) is 0 Å². The molecule has 3 fully saturated rings. The summed E-state index contributed by atoms with van der Waals surface area (Å²) in [5.74, 6) is 0. The first-order valence-corrected chi connectivity index (χ1v) is 3.92. The van der Waals surface area contributed by atoms with E-state index in [1.54, 1.807) is 0 Å². The smallest absolute Gasteiger partial charge is 0 e. The van der Waals surface area contributed by atoms with Gasteiger partial charge < -0.3 is 9.64 Å². The Morgan fingerprint density at radius 1 is 1.25 bits per heavy atom. The van der Waals surface area contributed by atoms with E-state index in [0.717, 1.165) is 0 Å². The van der Waals surface area contributed by atoms with Crippen molar-refractivity contribution in [1.82, 2.24) is 4.90 Å². The van der Waals surface area contributed by atoms with Gasteiger partial charge in [0.05, 0.1) is 0 Å². The molecule has 0 amide bonds. The summed E-state index contributed by atoms with van der Waals surface area (Å²) in [6.07, 6.45) is 1.26. The Morgan fingerprint density at radius 3 is 1.83 bits per heavy atom. The molecule has 0 N–H and O–H groups in total. The van der Waals surface area contributed by atoms with Gasteiger partial charge in [0.15, 0.2) is 0 Å². The Bertz CT molecular complexity index is 101. The number of fused-ring (bicyclic) bond motifs is 2. The van der Waals surface area contributed by atoms with Crippen LogP contribution in [0.15, 0.2) is 0 Å². The van der Waals surface area contributed by atoms with Gasteiger partial charge in [-0.1, -0.05) is 32.4 Å². The van der Waals surface area contributed by atoms with E-state index >= 15 is 0 Å². The molecule has 0 spiro atoms. The van der Waals surface area contributed by atoms with E-state index < -0.39 is 0 Å². The van der Waals surface area contributed by atoms with Gasteiger partial charge in [0, 0.05) is 39.9 Å². The summed E-state index contributed by atoms with van der Waals surface area (Å²) < 4.78 is 5.01. The van der Waals surface area contributed by atoms with Crippen LogP contribution >= 0.6 is 0 Å². The average molecular weight is 430 g/mol. The van der Waals surface area contributed by atoms with E-state index in [4.69, 9.17) is 4.74 Å². The Labute approximate surface area is 102 Å². The van der Waals surface area contributed by atoms with Crippen molar-refractivity contribution in [3.05, 3.63) is 13.2 Å². The molecular weight excluding hydrogens is 415 g/mol. The summed E-state index contributed by atoms with van der Waals surface area (Å²) in [6, 6.07) is 1.20. The van der Waals surface area contributed by atoms with Crippen LogP contribution in [0.1, 0.15) is 20.3 Å². The van der Waals surface area contributed by atoms with Crippen LogP contribution in [-0.4, -0.2) is 24.0 Å². The number of hydrogen-bond acceptors (Lipinski definition) is 2. The van der Waals surface area contributed by atoms with E-state index in [1.807, 2.05) is 27.1 Å². The summed E-state index contributed by atoms with van der Waals surface area (Å²) in [6.45, 7) is 7.78. The monoisotopic (exact) mass is 431 g/mol. The fourth-order valence-electron chi connectivity index (χ4n) is 1.22. The van der Waals surface area contributed by atoms with Crippen molar-refractivity contribution in [2.45, 2.75) is 32.4 Å². The molecule has 76 valence electrons. The van der Waals surface area contributed by atoms with Crippen molar-refractivity contribution in [2.24, 2.45) is 0 Å². The second-order valence-corrected chi connectivity index (χ2v) is 2.44. The molecule has 3 rings (SSSR count). The Kier molecular flexibility index (Phi) is 9.92. The van der Waals surface area contributed by atoms with E-state index in [1.165, 1.54) is 6.42 Å². The maximum absolute atomic E-state index is 5.01. The molecular formula is C8H15NOReRh-2. The second kappa shape index (κ2) is 7.59. The largest absolute Gasteiger partial charge is 0.712 e. The molecule has 0 aromatic heterocycles. The molecule has 3 aliphatic heterocycles. The van der Waals surface area contributed by atoms with Crippen LogP contribution in [0.2, 0.25) is 0 Å². The summed E-state index contributed by atoms with van der Waals surface area (Å²) in [7, 11) is 2.12. The fraction of sp³-hybridized carbons (Fsp3) is 0.750.